The molecule has 3 N–H and O–H groups in total. The molecule has 0 bridgehead atoms. The Labute approximate surface area is 113 Å². The molecule has 0 aliphatic heterocycles. The van der Waals surface area contributed by atoms with Crippen molar-refractivity contribution in [3.63, 3.8) is 0 Å². The Kier molecular flexibility index (Phi) is 3.80. The molecular weight excluding hydrogens is 240 g/mol. The molecule has 0 heterocycles. The van der Waals surface area contributed by atoms with Gasteiger partial charge < -0.3 is 20.5 Å². The molecule has 0 spiro atoms. The lowest BCUT2D eigenvalue weighted by atomic mass is 10.1. The second kappa shape index (κ2) is 5.52. The molecule has 0 amide bonds. The van der Waals surface area contributed by atoms with Gasteiger partial charge in [0.2, 0.25) is 0 Å². The monoisotopic (exact) mass is 258 g/mol. The highest BCUT2D eigenvalue weighted by molar-refractivity contribution is 5.52. The number of phenols is 1. The van der Waals surface area contributed by atoms with Gasteiger partial charge in [-0.3, -0.25) is 0 Å². The normalized spacial score (nSPS) is 10.2. The van der Waals surface area contributed by atoms with Crippen LogP contribution in [-0.4, -0.2) is 19.3 Å². The Morgan fingerprint density at radius 2 is 1.84 bits per heavy atom. The van der Waals surface area contributed by atoms with Crippen LogP contribution in [0.3, 0.4) is 0 Å². The SMILES string of the molecule is COc1ccc(N)cc1CN(C)c1ccc(O)cc1. The number of phenolic OH excluding ortho intramolecular Hbond substituents is 1. The molecule has 19 heavy (non-hydrogen) atoms. The number of hydrogen-bond donors (Lipinski definition) is 2. The zero-order valence-corrected chi connectivity index (χ0v) is 11.1. The number of ether oxygens (including phenoxy) is 1. The van der Waals surface area contributed by atoms with Crippen molar-refractivity contribution in [1.29, 1.82) is 0 Å². The van der Waals surface area contributed by atoms with Gasteiger partial charge >= 0.3 is 0 Å². The van der Waals surface area contributed by atoms with Gasteiger partial charge in [-0.15, -0.1) is 0 Å². The first-order valence-electron chi connectivity index (χ1n) is 6.02. The van der Waals surface area contributed by atoms with Crippen LogP contribution in [0.1, 0.15) is 5.56 Å². The summed E-state index contributed by atoms with van der Waals surface area (Å²) in [6.45, 7) is 0.680. The second-order valence-electron chi connectivity index (χ2n) is 4.44. The first kappa shape index (κ1) is 13.1. The van der Waals surface area contributed by atoms with E-state index in [1.165, 1.54) is 0 Å². The van der Waals surface area contributed by atoms with Crippen molar-refractivity contribution in [3.8, 4) is 11.5 Å². The molecule has 2 rings (SSSR count). The number of aromatic hydroxyl groups is 1. The van der Waals surface area contributed by atoms with E-state index in [2.05, 4.69) is 4.90 Å². The van der Waals surface area contributed by atoms with Gasteiger partial charge in [0.25, 0.3) is 0 Å². The maximum atomic E-state index is 9.29. The van der Waals surface area contributed by atoms with Crippen molar-refractivity contribution in [1.82, 2.24) is 0 Å². The van der Waals surface area contributed by atoms with E-state index in [1.807, 2.05) is 37.4 Å². The molecule has 2 aromatic rings. The lowest BCUT2D eigenvalue weighted by molar-refractivity contribution is 0.409. The molecule has 0 fully saturated rings. The third-order valence-corrected chi connectivity index (χ3v) is 3.00. The Morgan fingerprint density at radius 3 is 2.47 bits per heavy atom. The van der Waals surface area contributed by atoms with Crippen LogP contribution in [-0.2, 0) is 6.54 Å². The number of benzene rings is 2. The number of nitrogens with two attached hydrogens (primary N) is 1. The first-order chi connectivity index (χ1) is 9.10. The van der Waals surface area contributed by atoms with Crippen LogP contribution in [0.5, 0.6) is 11.5 Å². The Bertz CT molecular complexity index is 553. The van der Waals surface area contributed by atoms with Crippen molar-refractivity contribution in [2.45, 2.75) is 6.54 Å². The average Bonchev–Trinajstić information content (AvgIpc) is 2.39. The largest absolute Gasteiger partial charge is 0.508 e. The lowest BCUT2D eigenvalue weighted by Crippen LogP contribution is -2.16. The highest BCUT2D eigenvalue weighted by Crippen LogP contribution is 2.25. The van der Waals surface area contributed by atoms with Crippen LogP contribution in [0.15, 0.2) is 42.5 Å². The smallest absolute Gasteiger partial charge is 0.123 e. The highest BCUT2D eigenvalue weighted by atomic mass is 16.5. The molecule has 4 nitrogen and oxygen atoms in total. The van der Waals surface area contributed by atoms with Gasteiger partial charge in [0.1, 0.15) is 11.5 Å². The van der Waals surface area contributed by atoms with E-state index < -0.39 is 0 Å². The zero-order chi connectivity index (χ0) is 13.8. The fraction of sp³-hybridized carbons (Fsp3) is 0.200. The number of nitrogens with zero attached hydrogens (tertiary/aromatic N) is 1. The van der Waals surface area contributed by atoms with Gasteiger partial charge in [0.15, 0.2) is 0 Å². The maximum absolute atomic E-state index is 9.29. The molecule has 0 saturated heterocycles. The molecular formula is C15H18N2O2. The average molecular weight is 258 g/mol. The van der Waals surface area contributed by atoms with Crippen LogP contribution < -0.4 is 15.4 Å². The molecule has 4 heteroatoms. The van der Waals surface area contributed by atoms with E-state index in [9.17, 15) is 5.11 Å². The summed E-state index contributed by atoms with van der Waals surface area (Å²) >= 11 is 0. The van der Waals surface area contributed by atoms with Crippen LogP contribution in [0.25, 0.3) is 0 Å². The van der Waals surface area contributed by atoms with Gasteiger partial charge in [-0.05, 0) is 42.5 Å². The van der Waals surface area contributed by atoms with Crippen molar-refractivity contribution in [2.24, 2.45) is 0 Å². The number of anilines is 2. The van der Waals surface area contributed by atoms with Crippen molar-refractivity contribution >= 4 is 11.4 Å². The summed E-state index contributed by atoms with van der Waals surface area (Å²) in [6, 6.07) is 12.7. The summed E-state index contributed by atoms with van der Waals surface area (Å²) in [5, 5.41) is 9.29. The summed E-state index contributed by atoms with van der Waals surface area (Å²) in [7, 11) is 3.63. The maximum Gasteiger partial charge on any atom is 0.123 e. The second-order valence-corrected chi connectivity index (χ2v) is 4.44. The summed E-state index contributed by atoms with van der Waals surface area (Å²) in [5.41, 5.74) is 8.57. The van der Waals surface area contributed by atoms with E-state index >= 15 is 0 Å². The number of hydrogen-bond acceptors (Lipinski definition) is 4. The molecule has 0 unspecified atom stereocenters. The summed E-state index contributed by atoms with van der Waals surface area (Å²) < 4.78 is 5.33. The Balaban J connectivity index is 2.20. The number of methoxy groups -OCH3 is 1. The predicted octanol–water partition coefficient (Wildman–Crippen LogP) is 2.62. The summed E-state index contributed by atoms with van der Waals surface area (Å²) in [6.07, 6.45) is 0. The zero-order valence-electron chi connectivity index (χ0n) is 11.1. The van der Waals surface area contributed by atoms with Gasteiger partial charge in [-0.1, -0.05) is 0 Å². The number of nitrogen functional groups attached to an aromatic ring is 1. The van der Waals surface area contributed by atoms with Crippen LogP contribution >= 0.6 is 0 Å². The van der Waals surface area contributed by atoms with Crippen molar-refractivity contribution in [2.75, 3.05) is 24.8 Å². The highest BCUT2D eigenvalue weighted by Gasteiger charge is 2.08. The number of rotatable bonds is 4. The van der Waals surface area contributed by atoms with Gasteiger partial charge in [-0.25, -0.2) is 0 Å². The minimum atomic E-state index is 0.263. The topological polar surface area (TPSA) is 58.7 Å². The molecule has 2 aromatic carbocycles. The first-order valence-corrected chi connectivity index (χ1v) is 6.02. The van der Waals surface area contributed by atoms with Crippen LogP contribution in [0, 0.1) is 0 Å². The lowest BCUT2D eigenvalue weighted by Gasteiger charge is -2.21. The Hall–Kier alpha value is -2.36. The fourth-order valence-corrected chi connectivity index (χ4v) is 1.98. The summed E-state index contributed by atoms with van der Waals surface area (Å²) in [4.78, 5) is 2.07. The molecule has 100 valence electrons. The van der Waals surface area contributed by atoms with E-state index in [0.29, 0.717) is 6.54 Å². The van der Waals surface area contributed by atoms with Gasteiger partial charge in [0.05, 0.1) is 7.11 Å². The van der Waals surface area contributed by atoms with E-state index in [0.717, 1.165) is 22.7 Å². The van der Waals surface area contributed by atoms with Crippen LogP contribution in [0.2, 0.25) is 0 Å². The standard InChI is InChI=1S/C15H18N2O2/c1-17(13-4-6-14(18)7-5-13)10-11-9-12(16)3-8-15(11)19-2/h3-9,18H,10,16H2,1-2H3. The Morgan fingerprint density at radius 1 is 1.16 bits per heavy atom. The van der Waals surface area contributed by atoms with Crippen molar-refractivity contribution < 1.29 is 9.84 Å². The summed E-state index contributed by atoms with van der Waals surface area (Å²) in [5.74, 6) is 1.08. The fourth-order valence-electron chi connectivity index (χ4n) is 1.98. The third-order valence-electron chi connectivity index (χ3n) is 3.00. The van der Waals surface area contributed by atoms with E-state index in [-0.39, 0.29) is 5.75 Å². The molecule has 0 saturated carbocycles. The quantitative estimate of drug-likeness (QED) is 0.828. The minimum absolute atomic E-state index is 0.263. The van der Waals surface area contributed by atoms with Crippen LogP contribution in [0.4, 0.5) is 11.4 Å². The molecule has 0 radical (unpaired) electrons. The minimum Gasteiger partial charge on any atom is -0.508 e. The molecule has 0 atom stereocenters. The predicted molar refractivity (Wildman–Crippen MR) is 77.6 cm³/mol. The van der Waals surface area contributed by atoms with Gasteiger partial charge in [0, 0.05) is 30.5 Å². The van der Waals surface area contributed by atoms with Crippen molar-refractivity contribution in [3.05, 3.63) is 48.0 Å². The molecule has 0 aromatic heterocycles. The third kappa shape index (κ3) is 3.10. The van der Waals surface area contributed by atoms with Gasteiger partial charge in [-0.2, -0.15) is 0 Å². The molecule has 0 aliphatic rings. The molecule has 0 aliphatic carbocycles. The van der Waals surface area contributed by atoms with E-state index in [4.69, 9.17) is 10.5 Å². The van der Waals surface area contributed by atoms with E-state index in [1.54, 1.807) is 19.2 Å².